The van der Waals surface area contributed by atoms with E-state index in [9.17, 15) is 4.79 Å². The second-order valence-corrected chi connectivity index (χ2v) is 2.11. The summed E-state index contributed by atoms with van der Waals surface area (Å²) in [5, 5.41) is 8.23. The molecule has 1 atom stereocenters. The molecule has 0 aliphatic rings. The third-order valence-electron chi connectivity index (χ3n) is 1.00. The van der Waals surface area contributed by atoms with Gasteiger partial charge in [0, 0.05) is 0 Å². The van der Waals surface area contributed by atoms with Crippen LogP contribution in [0.2, 0.25) is 0 Å². The van der Waals surface area contributed by atoms with Gasteiger partial charge in [0.2, 0.25) is 0 Å². The Balaban J connectivity index is -0.000000245. The number of hydrogen-bond donors (Lipinski definition) is 2. The normalized spacial score (nSPS) is 11.2. The van der Waals surface area contributed by atoms with Crippen LogP contribution in [-0.2, 0) is 4.79 Å². The molecule has 0 saturated carbocycles. The molecule has 0 unspecified atom stereocenters. The molecule has 0 aromatic carbocycles. The Labute approximate surface area is 76.8 Å². The summed E-state index contributed by atoms with van der Waals surface area (Å²) in [6.45, 7) is 3.55. The molecule has 0 saturated heterocycles. The maximum absolute atomic E-state index is 10.0. The first-order chi connectivity index (χ1) is 3.55. The van der Waals surface area contributed by atoms with Crippen LogP contribution in [0.3, 0.4) is 0 Å². The second kappa shape index (κ2) is 7.29. The van der Waals surface area contributed by atoms with Crippen molar-refractivity contribution < 1.29 is 14.6 Å². The van der Waals surface area contributed by atoms with Crippen molar-refractivity contribution in [1.82, 2.24) is 0 Å². The van der Waals surface area contributed by atoms with Gasteiger partial charge in [-0.25, -0.2) is 0 Å². The van der Waals surface area contributed by atoms with Crippen LogP contribution in [-0.4, -0.2) is 41.5 Å². The van der Waals surface area contributed by atoms with Crippen molar-refractivity contribution in [2.45, 2.75) is 19.9 Å². The average Bonchev–Trinajstić information content (AvgIpc) is 1.64. The molecule has 10 heavy (non-hydrogen) atoms. The average molecular weight is 262 g/mol. The summed E-state index contributed by atoms with van der Waals surface area (Å²) in [7, 11) is 0. The predicted molar refractivity (Wildman–Crippen MR) is 42.9 cm³/mol. The number of nitrogens with two attached hydrogens (primary N) is 1. The van der Waals surface area contributed by atoms with Crippen molar-refractivity contribution in [3.8, 4) is 0 Å². The van der Waals surface area contributed by atoms with E-state index in [1.165, 1.54) is 0 Å². The van der Waals surface area contributed by atoms with Crippen LogP contribution in [0.5, 0.6) is 0 Å². The van der Waals surface area contributed by atoms with E-state index in [0.717, 1.165) is 0 Å². The van der Waals surface area contributed by atoms with Crippen LogP contribution >= 0.6 is 0 Å². The topological polar surface area (TPSA) is 63.3 Å². The third kappa shape index (κ3) is 6.30. The Kier molecular flexibility index (Phi) is 12.1. The first-order valence-corrected chi connectivity index (χ1v) is 2.54. The molecular formula is C5H15FNO2Sb. The summed E-state index contributed by atoms with van der Waals surface area (Å²) in [5.74, 6) is -0.910. The number of carboxylic acids is 1. The summed E-state index contributed by atoms with van der Waals surface area (Å²) < 4.78 is 0. The fourth-order valence-electron chi connectivity index (χ4n) is 0.285. The monoisotopic (exact) mass is 261 g/mol. The molecule has 0 spiro atoms. The molecule has 0 radical (unpaired) electrons. The summed E-state index contributed by atoms with van der Waals surface area (Å²) in [4.78, 5) is 10.0. The minimum atomic E-state index is -0.931. The zero-order valence-corrected chi connectivity index (χ0v) is 10.2. The van der Waals surface area contributed by atoms with Gasteiger partial charge in [-0.05, 0) is 5.92 Å². The third-order valence-corrected chi connectivity index (χ3v) is 1.00. The van der Waals surface area contributed by atoms with Gasteiger partial charge < -0.3 is 10.8 Å². The van der Waals surface area contributed by atoms with Gasteiger partial charge in [-0.3, -0.25) is 9.50 Å². The van der Waals surface area contributed by atoms with Crippen molar-refractivity contribution in [3.63, 3.8) is 0 Å². The number of carboxylic acid groups (broad SMARTS) is 1. The van der Waals surface area contributed by atoms with Crippen LogP contribution in [0.15, 0.2) is 0 Å². The van der Waals surface area contributed by atoms with E-state index in [4.69, 9.17) is 10.8 Å². The Morgan fingerprint density at radius 1 is 1.50 bits per heavy atom. The van der Waals surface area contributed by atoms with E-state index in [1.54, 1.807) is 13.8 Å². The number of rotatable bonds is 2. The fraction of sp³-hybridized carbons (Fsp3) is 0.800. The number of hydrogen-bond acceptors (Lipinski definition) is 2. The van der Waals surface area contributed by atoms with Crippen LogP contribution < -0.4 is 5.73 Å². The van der Waals surface area contributed by atoms with E-state index < -0.39 is 12.0 Å². The van der Waals surface area contributed by atoms with Gasteiger partial charge in [0.05, 0.1) is 0 Å². The van der Waals surface area contributed by atoms with E-state index >= 15 is 0 Å². The quantitative estimate of drug-likeness (QED) is 0.629. The van der Waals surface area contributed by atoms with Crippen LogP contribution in [0, 0.1) is 5.92 Å². The van der Waals surface area contributed by atoms with Crippen molar-refractivity contribution >= 4 is 30.4 Å². The van der Waals surface area contributed by atoms with Crippen molar-refractivity contribution in [2.75, 3.05) is 0 Å². The fourth-order valence-corrected chi connectivity index (χ4v) is 0.285. The van der Waals surface area contributed by atoms with Gasteiger partial charge in [0.25, 0.3) is 0 Å². The molecule has 0 aromatic rings. The van der Waals surface area contributed by atoms with E-state index in [2.05, 4.69) is 0 Å². The van der Waals surface area contributed by atoms with Gasteiger partial charge in [0.1, 0.15) is 6.04 Å². The van der Waals surface area contributed by atoms with Crippen molar-refractivity contribution in [2.24, 2.45) is 11.7 Å². The zero-order chi connectivity index (χ0) is 6.73. The molecule has 0 amide bonds. The molecule has 0 heterocycles. The molecular weight excluding hydrogens is 247 g/mol. The minimum absolute atomic E-state index is 0. The van der Waals surface area contributed by atoms with Crippen molar-refractivity contribution in [3.05, 3.63) is 0 Å². The molecule has 3 nitrogen and oxygen atoms in total. The second-order valence-electron chi connectivity index (χ2n) is 2.11. The number of aliphatic carboxylic acids is 1. The summed E-state index contributed by atoms with van der Waals surface area (Å²) in [6.07, 6.45) is 0. The zero-order valence-electron chi connectivity index (χ0n) is 6.20. The summed E-state index contributed by atoms with van der Waals surface area (Å²) >= 11 is 0. The van der Waals surface area contributed by atoms with Gasteiger partial charge >= 0.3 is 30.4 Å². The number of halogens is 1. The Morgan fingerprint density at radius 2 is 1.80 bits per heavy atom. The Hall–Kier alpha value is 0.178. The first-order valence-electron chi connectivity index (χ1n) is 2.54. The molecule has 0 rings (SSSR count). The SMILES string of the molecule is CC(C)[C@H](N)C(=O)O.F.[SbH3]. The summed E-state index contributed by atoms with van der Waals surface area (Å²) in [6, 6.07) is -0.713. The van der Waals surface area contributed by atoms with Crippen molar-refractivity contribution in [1.29, 1.82) is 0 Å². The van der Waals surface area contributed by atoms with E-state index in [1.807, 2.05) is 0 Å². The van der Waals surface area contributed by atoms with Gasteiger partial charge in [-0.2, -0.15) is 0 Å². The van der Waals surface area contributed by atoms with Crippen LogP contribution in [0.25, 0.3) is 0 Å². The van der Waals surface area contributed by atoms with Gasteiger partial charge in [-0.1, -0.05) is 13.8 Å². The molecule has 0 bridgehead atoms. The standard InChI is InChI=1S/C5H11NO2.FH.Sb.3H/c1-3(2)4(6)5(7)8;;;;;/h3-4H,6H2,1-2H3,(H,7,8);1H;;;;/t4-;;;;;/m0...../s1. The number of carbonyl (C=O) groups is 1. The van der Waals surface area contributed by atoms with Crippen LogP contribution in [0.1, 0.15) is 13.8 Å². The van der Waals surface area contributed by atoms with E-state index in [0.29, 0.717) is 0 Å². The molecule has 0 aromatic heterocycles. The Morgan fingerprint density at radius 3 is 1.80 bits per heavy atom. The molecule has 0 fully saturated rings. The molecule has 64 valence electrons. The van der Waals surface area contributed by atoms with Gasteiger partial charge in [-0.15, -0.1) is 0 Å². The predicted octanol–water partition coefficient (Wildman–Crippen LogP) is -0.977. The summed E-state index contributed by atoms with van der Waals surface area (Å²) in [5.41, 5.74) is 5.16. The van der Waals surface area contributed by atoms with E-state index in [-0.39, 0.29) is 35.1 Å². The molecule has 0 aliphatic carbocycles. The molecule has 3 N–H and O–H groups in total. The van der Waals surface area contributed by atoms with Gasteiger partial charge in [0.15, 0.2) is 0 Å². The first kappa shape index (κ1) is 16.6. The van der Waals surface area contributed by atoms with Crippen LogP contribution in [0.4, 0.5) is 4.70 Å². The molecule has 0 aliphatic heterocycles. The molecule has 5 heteroatoms. The maximum atomic E-state index is 10.0. The Bertz CT molecular complexity index is 99.6.